The Hall–Kier alpha value is -2.08. The summed E-state index contributed by atoms with van der Waals surface area (Å²) in [7, 11) is 1.72. The van der Waals surface area contributed by atoms with Crippen molar-refractivity contribution in [1.82, 2.24) is 20.1 Å². The molecule has 0 amide bonds. The van der Waals surface area contributed by atoms with Crippen LogP contribution in [0.25, 0.3) is 0 Å². The summed E-state index contributed by atoms with van der Waals surface area (Å²) in [6.07, 6.45) is 3.38. The molecule has 1 aromatic carbocycles. The molecule has 1 N–H and O–H groups in total. The second kappa shape index (κ2) is 6.67. The third-order valence-corrected chi connectivity index (χ3v) is 5.26. The maximum Gasteiger partial charge on any atom is 0.133 e. The molecule has 2 unspecified atom stereocenters. The number of methoxy groups -OCH3 is 1. The van der Waals surface area contributed by atoms with Gasteiger partial charge in [0.25, 0.3) is 0 Å². The molecule has 0 saturated heterocycles. The fourth-order valence-corrected chi connectivity index (χ4v) is 3.93. The Morgan fingerprint density at radius 1 is 1.36 bits per heavy atom. The first kappa shape index (κ1) is 16.4. The summed E-state index contributed by atoms with van der Waals surface area (Å²) in [6.45, 7) is 6.94. The van der Waals surface area contributed by atoms with Crippen LogP contribution in [0.5, 0.6) is 11.5 Å². The number of rotatable bonds is 5. The zero-order valence-corrected chi connectivity index (χ0v) is 15.2. The van der Waals surface area contributed by atoms with Gasteiger partial charge >= 0.3 is 0 Å². The highest BCUT2D eigenvalue weighted by molar-refractivity contribution is 5.49. The average molecular weight is 342 g/mol. The lowest BCUT2D eigenvalue weighted by atomic mass is 9.99. The topological polar surface area (TPSA) is 61.2 Å². The third kappa shape index (κ3) is 3.23. The van der Waals surface area contributed by atoms with Crippen molar-refractivity contribution in [3.05, 3.63) is 34.9 Å². The normalized spacial score (nSPS) is 21.6. The van der Waals surface area contributed by atoms with E-state index in [0.29, 0.717) is 5.92 Å². The van der Waals surface area contributed by atoms with Crippen molar-refractivity contribution in [3.8, 4) is 11.5 Å². The molecule has 0 aliphatic carbocycles. The Labute approximate surface area is 148 Å². The fraction of sp³-hybridized carbons (Fsp3) is 0.579. The minimum atomic E-state index is 0.245. The molecule has 2 aromatic rings. The number of fused-ring (bicyclic) bond motifs is 2. The van der Waals surface area contributed by atoms with Crippen molar-refractivity contribution in [1.29, 1.82) is 0 Å². The number of ether oxygens (including phenoxy) is 2. The van der Waals surface area contributed by atoms with E-state index < -0.39 is 0 Å². The summed E-state index contributed by atoms with van der Waals surface area (Å²) in [4.78, 5) is 0. The third-order valence-electron chi connectivity index (χ3n) is 5.26. The van der Waals surface area contributed by atoms with Crippen LogP contribution in [0.1, 0.15) is 36.1 Å². The van der Waals surface area contributed by atoms with Crippen molar-refractivity contribution in [2.75, 3.05) is 13.7 Å². The Bertz CT molecular complexity index is 771. The zero-order valence-electron chi connectivity index (χ0n) is 15.2. The lowest BCUT2D eigenvalue weighted by molar-refractivity contribution is 0.251. The van der Waals surface area contributed by atoms with Gasteiger partial charge in [0, 0.05) is 37.1 Å². The molecule has 134 valence electrons. The number of aryl methyl sites for hydroxylation is 2. The smallest absolute Gasteiger partial charge is 0.133 e. The molecule has 0 bridgehead atoms. The number of nitrogens with zero attached hydrogens (tertiary/aromatic N) is 3. The van der Waals surface area contributed by atoms with Crippen LogP contribution in [0.2, 0.25) is 0 Å². The van der Waals surface area contributed by atoms with Crippen molar-refractivity contribution in [2.24, 2.45) is 5.92 Å². The Balaban J connectivity index is 1.40. The molecule has 0 spiro atoms. The summed E-state index contributed by atoms with van der Waals surface area (Å²) >= 11 is 0. The van der Waals surface area contributed by atoms with E-state index in [-0.39, 0.29) is 6.10 Å². The Kier molecular flexibility index (Phi) is 4.37. The van der Waals surface area contributed by atoms with Gasteiger partial charge in [-0.05, 0) is 44.9 Å². The summed E-state index contributed by atoms with van der Waals surface area (Å²) in [5.74, 6) is 4.72. The lowest BCUT2D eigenvalue weighted by Crippen LogP contribution is -2.30. The summed E-state index contributed by atoms with van der Waals surface area (Å²) in [5.41, 5.74) is 2.45. The highest BCUT2D eigenvalue weighted by Gasteiger charge is 2.24. The molecule has 1 aromatic heterocycles. The largest absolute Gasteiger partial charge is 0.497 e. The minimum Gasteiger partial charge on any atom is -0.497 e. The predicted molar refractivity (Wildman–Crippen MR) is 95.1 cm³/mol. The van der Waals surface area contributed by atoms with Crippen molar-refractivity contribution >= 4 is 0 Å². The van der Waals surface area contributed by atoms with Crippen molar-refractivity contribution in [3.63, 3.8) is 0 Å². The molecule has 3 heterocycles. The molecule has 6 nitrogen and oxygen atoms in total. The SMILES string of the molecule is COc1cc(CNCC2CCc3nnc(C)n3C2)c2c(c1)CC(C)O2. The van der Waals surface area contributed by atoms with Crippen LogP contribution in [0.3, 0.4) is 0 Å². The molecule has 0 fully saturated rings. The van der Waals surface area contributed by atoms with Gasteiger partial charge in [0.1, 0.15) is 29.3 Å². The number of hydrogen-bond acceptors (Lipinski definition) is 5. The van der Waals surface area contributed by atoms with Crippen LogP contribution in [0.15, 0.2) is 12.1 Å². The molecule has 4 rings (SSSR count). The fourth-order valence-electron chi connectivity index (χ4n) is 3.93. The van der Waals surface area contributed by atoms with Gasteiger partial charge in [0.2, 0.25) is 0 Å². The predicted octanol–water partition coefficient (Wildman–Crippen LogP) is 2.27. The van der Waals surface area contributed by atoms with E-state index in [4.69, 9.17) is 9.47 Å². The maximum atomic E-state index is 6.02. The van der Waals surface area contributed by atoms with Crippen molar-refractivity contribution < 1.29 is 9.47 Å². The molecule has 2 aliphatic heterocycles. The summed E-state index contributed by atoms with van der Waals surface area (Å²) in [5, 5.41) is 12.1. The number of nitrogens with one attached hydrogen (secondary N) is 1. The van der Waals surface area contributed by atoms with E-state index in [0.717, 1.165) is 62.0 Å². The highest BCUT2D eigenvalue weighted by atomic mass is 16.5. The van der Waals surface area contributed by atoms with E-state index in [9.17, 15) is 0 Å². The van der Waals surface area contributed by atoms with Gasteiger partial charge in [0.15, 0.2) is 0 Å². The second-order valence-electron chi connectivity index (χ2n) is 7.22. The van der Waals surface area contributed by atoms with Gasteiger partial charge in [-0.1, -0.05) is 0 Å². The molecular weight excluding hydrogens is 316 g/mol. The quantitative estimate of drug-likeness (QED) is 0.903. The van der Waals surface area contributed by atoms with Crippen LogP contribution in [-0.4, -0.2) is 34.5 Å². The standard InChI is InChI=1S/C19H26N4O2/c1-12-6-15-7-17(24-3)8-16(19(15)25-12)10-20-9-14-4-5-18-22-21-13(2)23(18)11-14/h7-8,12,14,20H,4-6,9-11H2,1-3H3. The first-order valence-electron chi connectivity index (χ1n) is 9.10. The maximum absolute atomic E-state index is 6.02. The molecule has 2 aliphatic rings. The van der Waals surface area contributed by atoms with Gasteiger partial charge in [-0.25, -0.2) is 0 Å². The first-order chi connectivity index (χ1) is 12.1. The van der Waals surface area contributed by atoms with Crippen LogP contribution in [-0.2, 0) is 25.9 Å². The molecule has 25 heavy (non-hydrogen) atoms. The summed E-state index contributed by atoms with van der Waals surface area (Å²) < 4.78 is 13.7. The Morgan fingerprint density at radius 3 is 3.08 bits per heavy atom. The molecule has 0 saturated carbocycles. The highest BCUT2D eigenvalue weighted by Crippen LogP contribution is 2.36. The number of hydrogen-bond donors (Lipinski definition) is 1. The van der Waals surface area contributed by atoms with E-state index >= 15 is 0 Å². The average Bonchev–Trinajstić information content (AvgIpc) is 3.17. The zero-order chi connectivity index (χ0) is 17.4. The van der Waals surface area contributed by atoms with E-state index in [1.165, 1.54) is 11.1 Å². The number of aromatic nitrogens is 3. The van der Waals surface area contributed by atoms with E-state index in [1.54, 1.807) is 7.11 Å². The van der Waals surface area contributed by atoms with Crippen LogP contribution < -0.4 is 14.8 Å². The van der Waals surface area contributed by atoms with Gasteiger partial charge in [-0.2, -0.15) is 0 Å². The van der Waals surface area contributed by atoms with Crippen LogP contribution >= 0.6 is 0 Å². The van der Waals surface area contributed by atoms with Gasteiger partial charge in [-0.3, -0.25) is 0 Å². The van der Waals surface area contributed by atoms with Gasteiger partial charge in [0.05, 0.1) is 7.11 Å². The second-order valence-corrected chi connectivity index (χ2v) is 7.22. The molecule has 2 atom stereocenters. The minimum absolute atomic E-state index is 0.245. The van der Waals surface area contributed by atoms with E-state index in [2.05, 4.69) is 39.1 Å². The molecular formula is C19H26N4O2. The molecule has 6 heteroatoms. The number of benzene rings is 1. The first-order valence-corrected chi connectivity index (χ1v) is 9.10. The lowest BCUT2D eigenvalue weighted by Gasteiger charge is -2.24. The Morgan fingerprint density at radius 2 is 2.24 bits per heavy atom. The van der Waals surface area contributed by atoms with Crippen LogP contribution in [0.4, 0.5) is 0 Å². The molecule has 0 radical (unpaired) electrons. The van der Waals surface area contributed by atoms with Crippen molar-refractivity contribution in [2.45, 2.75) is 52.3 Å². The van der Waals surface area contributed by atoms with Gasteiger partial charge in [-0.15, -0.1) is 10.2 Å². The van der Waals surface area contributed by atoms with E-state index in [1.807, 2.05) is 6.92 Å². The van der Waals surface area contributed by atoms with Crippen LogP contribution in [0, 0.1) is 12.8 Å². The monoisotopic (exact) mass is 342 g/mol. The van der Waals surface area contributed by atoms with Gasteiger partial charge < -0.3 is 19.4 Å². The summed E-state index contributed by atoms with van der Waals surface area (Å²) in [6, 6.07) is 4.19.